The Balaban J connectivity index is 2.05. The molecule has 4 N–H and O–H groups in total. The highest BCUT2D eigenvalue weighted by molar-refractivity contribution is 7.98. The molecule has 1 aliphatic rings. The van der Waals surface area contributed by atoms with Crippen LogP contribution in [0.2, 0.25) is 0 Å². The fraction of sp³-hybridized carbons (Fsp3) is 0.364. The van der Waals surface area contributed by atoms with Crippen LogP contribution >= 0.6 is 11.8 Å². The Morgan fingerprint density at radius 2 is 2.31 bits per heavy atom. The predicted molar refractivity (Wildman–Crippen MR) is 69.6 cm³/mol. The van der Waals surface area contributed by atoms with E-state index < -0.39 is 0 Å². The second kappa shape index (κ2) is 5.23. The number of nitrogens with two attached hydrogens (primary N) is 1. The highest BCUT2D eigenvalue weighted by atomic mass is 32.2. The summed E-state index contributed by atoms with van der Waals surface area (Å²) in [6.45, 7) is 0. The van der Waals surface area contributed by atoms with Crippen LogP contribution in [-0.2, 0) is 0 Å². The summed E-state index contributed by atoms with van der Waals surface area (Å²) in [5.41, 5.74) is 3.60. The SMILES string of the molecule is CSc1cccc(NC(=NC2CC2)NN)c1. The highest BCUT2D eigenvalue weighted by Crippen LogP contribution is 2.24. The van der Waals surface area contributed by atoms with Crippen molar-refractivity contribution in [1.82, 2.24) is 5.43 Å². The van der Waals surface area contributed by atoms with Gasteiger partial charge in [0.2, 0.25) is 5.96 Å². The number of benzene rings is 1. The van der Waals surface area contributed by atoms with Crippen molar-refractivity contribution in [3.8, 4) is 0 Å². The number of rotatable bonds is 3. The maximum absolute atomic E-state index is 5.42. The van der Waals surface area contributed by atoms with Crippen molar-refractivity contribution in [2.75, 3.05) is 11.6 Å². The Labute approximate surface area is 99.7 Å². The van der Waals surface area contributed by atoms with Gasteiger partial charge in [0.1, 0.15) is 0 Å². The molecule has 0 heterocycles. The van der Waals surface area contributed by atoms with Crippen LogP contribution in [0.1, 0.15) is 12.8 Å². The first-order valence-electron chi connectivity index (χ1n) is 5.27. The predicted octanol–water partition coefficient (Wildman–Crippen LogP) is 1.80. The molecule has 86 valence electrons. The van der Waals surface area contributed by atoms with Crippen LogP contribution in [0.15, 0.2) is 34.2 Å². The second-order valence-electron chi connectivity index (χ2n) is 3.71. The lowest BCUT2D eigenvalue weighted by molar-refractivity contribution is 0.966. The van der Waals surface area contributed by atoms with Crippen molar-refractivity contribution in [3.63, 3.8) is 0 Å². The molecule has 1 aliphatic carbocycles. The van der Waals surface area contributed by atoms with Gasteiger partial charge in [0, 0.05) is 10.6 Å². The van der Waals surface area contributed by atoms with E-state index in [1.807, 2.05) is 12.1 Å². The molecule has 0 bridgehead atoms. The zero-order valence-corrected chi connectivity index (χ0v) is 10.1. The maximum Gasteiger partial charge on any atom is 0.210 e. The molecule has 16 heavy (non-hydrogen) atoms. The van der Waals surface area contributed by atoms with E-state index in [0.717, 1.165) is 18.5 Å². The third kappa shape index (κ3) is 3.15. The minimum absolute atomic E-state index is 0.447. The molecule has 0 saturated heterocycles. The minimum atomic E-state index is 0.447. The second-order valence-corrected chi connectivity index (χ2v) is 4.59. The molecule has 1 fully saturated rings. The molecule has 0 atom stereocenters. The van der Waals surface area contributed by atoms with E-state index in [1.54, 1.807) is 11.8 Å². The Morgan fingerprint density at radius 1 is 1.50 bits per heavy atom. The van der Waals surface area contributed by atoms with Crippen molar-refractivity contribution in [3.05, 3.63) is 24.3 Å². The van der Waals surface area contributed by atoms with Crippen LogP contribution in [0.5, 0.6) is 0 Å². The van der Waals surface area contributed by atoms with Crippen LogP contribution in [0.4, 0.5) is 5.69 Å². The van der Waals surface area contributed by atoms with Gasteiger partial charge in [-0.3, -0.25) is 5.43 Å². The number of hydrogen-bond donors (Lipinski definition) is 3. The molecule has 1 aromatic carbocycles. The van der Waals surface area contributed by atoms with Gasteiger partial charge in [-0.15, -0.1) is 11.8 Å². The first-order valence-corrected chi connectivity index (χ1v) is 6.50. The zero-order chi connectivity index (χ0) is 11.4. The lowest BCUT2D eigenvalue weighted by atomic mass is 10.3. The van der Waals surface area contributed by atoms with Gasteiger partial charge in [0.05, 0.1) is 6.04 Å². The van der Waals surface area contributed by atoms with E-state index in [2.05, 4.69) is 34.1 Å². The lowest BCUT2D eigenvalue weighted by Crippen LogP contribution is -2.36. The Kier molecular flexibility index (Phi) is 3.69. The van der Waals surface area contributed by atoms with E-state index in [9.17, 15) is 0 Å². The van der Waals surface area contributed by atoms with Gasteiger partial charge in [-0.05, 0) is 37.3 Å². The van der Waals surface area contributed by atoms with Gasteiger partial charge < -0.3 is 5.32 Å². The molecule has 0 spiro atoms. The molecule has 1 aromatic rings. The Bertz CT molecular complexity index is 387. The van der Waals surface area contributed by atoms with Gasteiger partial charge >= 0.3 is 0 Å². The number of thioether (sulfide) groups is 1. The summed E-state index contributed by atoms with van der Waals surface area (Å²) in [6.07, 6.45) is 4.38. The summed E-state index contributed by atoms with van der Waals surface area (Å²) in [6, 6.07) is 8.61. The third-order valence-electron chi connectivity index (χ3n) is 2.33. The van der Waals surface area contributed by atoms with Crippen LogP contribution in [0.25, 0.3) is 0 Å². The number of anilines is 1. The molecule has 1 saturated carbocycles. The average Bonchev–Trinajstić information content (AvgIpc) is 3.12. The number of nitrogens with zero attached hydrogens (tertiary/aromatic N) is 1. The smallest absolute Gasteiger partial charge is 0.210 e. The Morgan fingerprint density at radius 3 is 2.94 bits per heavy atom. The minimum Gasteiger partial charge on any atom is -0.325 e. The van der Waals surface area contributed by atoms with Gasteiger partial charge in [0.25, 0.3) is 0 Å². The summed E-state index contributed by atoms with van der Waals surface area (Å²) in [5, 5.41) is 3.18. The van der Waals surface area contributed by atoms with Crippen LogP contribution in [-0.4, -0.2) is 18.3 Å². The molecule has 2 rings (SSSR count). The van der Waals surface area contributed by atoms with Crippen molar-refractivity contribution in [1.29, 1.82) is 0 Å². The van der Waals surface area contributed by atoms with Gasteiger partial charge in [-0.1, -0.05) is 6.07 Å². The third-order valence-corrected chi connectivity index (χ3v) is 3.05. The number of nitrogens with one attached hydrogen (secondary N) is 2. The largest absolute Gasteiger partial charge is 0.325 e. The summed E-state index contributed by atoms with van der Waals surface area (Å²) in [5.74, 6) is 6.06. The van der Waals surface area contributed by atoms with Gasteiger partial charge in [0.15, 0.2) is 0 Å². The summed E-state index contributed by atoms with van der Waals surface area (Å²) in [7, 11) is 0. The highest BCUT2D eigenvalue weighted by Gasteiger charge is 2.20. The number of hydrazine groups is 1. The maximum atomic E-state index is 5.42. The topological polar surface area (TPSA) is 62.4 Å². The molecule has 0 aliphatic heterocycles. The standard InChI is InChI=1S/C11H16N4S/c1-16-10-4-2-3-9(7-10)14-11(15-12)13-8-5-6-8/h2-4,7-8H,5-6,12H2,1H3,(H2,13,14,15). The molecular weight excluding hydrogens is 220 g/mol. The van der Waals surface area contributed by atoms with Crippen molar-refractivity contribution < 1.29 is 0 Å². The number of hydrogen-bond acceptors (Lipinski definition) is 3. The van der Waals surface area contributed by atoms with Crippen molar-refractivity contribution in [2.45, 2.75) is 23.8 Å². The lowest BCUT2D eigenvalue weighted by Gasteiger charge is -2.09. The molecule has 0 radical (unpaired) electrons. The first kappa shape index (κ1) is 11.3. The van der Waals surface area contributed by atoms with E-state index in [4.69, 9.17) is 5.84 Å². The van der Waals surface area contributed by atoms with E-state index >= 15 is 0 Å². The van der Waals surface area contributed by atoms with Gasteiger partial charge in [-0.2, -0.15) is 0 Å². The fourth-order valence-electron chi connectivity index (χ4n) is 1.33. The molecule has 0 amide bonds. The van der Waals surface area contributed by atoms with Crippen LogP contribution in [0.3, 0.4) is 0 Å². The summed E-state index contributed by atoms with van der Waals surface area (Å²) >= 11 is 1.71. The number of guanidine groups is 1. The van der Waals surface area contributed by atoms with E-state index in [1.165, 1.54) is 4.90 Å². The monoisotopic (exact) mass is 236 g/mol. The van der Waals surface area contributed by atoms with E-state index in [0.29, 0.717) is 12.0 Å². The van der Waals surface area contributed by atoms with Crippen LogP contribution in [0, 0.1) is 0 Å². The first-order chi connectivity index (χ1) is 7.81. The summed E-state index contributed by atoms with van der Waals surface area (Å²) < 4.78 is 0. The molecular formula is C11H16N4S. The Hall–Kier alpha value is -1.20. The fourth-order valence-corrected chi connectivity index (χ4v) is 1.79. The number of aliphatic imine (C=N–C) groups is 1. The zero-order valence-electron chi connectivity index (χ0n) is 9.23. The molecule has 0 aromatic heterocycles. The van der Waals surface area contributed by atoms with Gasteiger partial charge in [-0.25, -0.2) is 10.8 Å². The molecule has 0 unspecified atom stereocenters. The molecule has 4 nitrogen and oxygen atoms in total. The van der Waals surface area contributed by atoms with Crippen molar-refractivity contribution >= 4 is 23.4 Å². The summed E-state index contributed by atoms with van der Waals surface area (Å²) in [4.78, 5) is 5.64. The van der Waals surface area contributed by atoms with Crippen LogP contribution < -0.4 is 16.6 Å². The van der Waals surface area contributed by atoms with Crippen molar-refractivity contribution in [2.24, 2.45) is 10.8 Å². The quantitative estimate of drug-likeness (QED) is 0.246. The molecule has 5 heteroatoms. The van der Waals surface area contributed by atoms with E-state index in [-0.39, 0.29) is 0 Å². The average molecular weight is 236 g/mol. The normalized spacial score (nSPS) is 16.0.